The molecule has 5 nitrogen and oxygen atoms in total. The topological polar surface area (TPSA) is 75.4 Å². The van der Waals surface area contributed by atoms with Gasteiger partial charge in [-0.2, -0.15) is 0 Å². The zero-order chi connectivity index (χ0) is 12.1. The number of nitro benzene ring substituents is 1. The molecule has 0 heterocycles. The Morgan fingerprint density at radius 3 is 2.75 bits per heavy atom. The summed E-state index contributed by atoms with van der Waals surface area (Å²) in [5.41, 5.74) is 1.35. The molecule has 0 aromatic heterocycles. The summed E-state index contributed by atoms with van der Waals surface area (Å²) >= 11 is 0. The number of hydrogen-bond acceptors (Lipinski definition) is 4. The third-order valence-corrected chi connectivity index (χ3v) is 2.42. The summed E-state index contributed by atoms with van der Waals surface area (Å²) in [6.45, 7) is 3.68. The molecule has 0 radical (unpaired) electrons. The molecule has 1 atom stereocenters. The largest absolute Gasteiger partial charge is 0.394 e. The Morgan fingerprint density at radius 1 is 1.56 bits per heavy atom. The van der Waals surface area contributed by atoms with E-state index < -0.39 is 4.92 Å². The fourth-order valence-electron chi connectivity index (χ4n) is 1.41. The van der Waals surface area contributed by atoms with Gasteiger partial charge in [0.05, 0.1) is 11.5 Å². The van der Waals surface area contributed by atoms with Crippen molar-refractivity contribution in [1.29, 1.82) is 0 Å². The Kier molecular flexibility index (Phi) is 4.25. The number of hydrogen-bond donors (Lipinski definition) is 2. The van der Waals surface area contributed by atoms with Crippen molar-refractivity contribution in [2.75, 3.05) is 11.9 Å². The number of aliphatic hydroxyl groups excluding tert-OH is 1. The van der Waals surface area contributed by atoms with E-state index in [4.69, 9.17) is 5.11 Å². The van der Waals surface area contributed by atoms with Crippen molar-refractivity contribution in [3.63, 3.8) is 0 Å². The van der Waals surface area contributed by atoms with E-state index in [0.29, 0.717) is 12.1 Å². The summed E-state index contributed by atoms with van der Waals surface area (Å²) in [7, 11) is 0. The van der Waals surface area contributed by atoms with Crippen molar-refractivity contribution in [3.8, 4) is 0 Å². The van der Waals surface area contributed by atoms with Crippen LogP contribution in [0.5, 0.6) is 0 Å². The number of aryl methyl sites for hydroxylation is 1. The average molecular weight is 224 g/mol. The molecule has 0 aliphatic heterocycles. The highest BCUT2D eigenvalue weighted by atomic mass is 16.6. The maximum absolute atomic E-state index is 10.8. The number of nitrogens with zero attached hydrogens (tertiary/aromatic N) is 1. The molecule has 0 spiro atoms. The lowest BCUT2D eigenvalue weighted by Gasteiger charge is -2.15. The number of nitrogens with one attached hydrogen (secondary N) is 1. The molecule has 1 aromatic rings. The SMILES string of the molecule is CC[C@H](CO)Nc1ccc(C)cc1[N+](=O)[O-]. The van der Waals surface area contributed by atoms with Gasteiger partial charge in [0.15, 0.2) is 0 Å². The molecule has 0 aliphatic carbocycles. The van der Waals surface area contributed by atoms with Gasteiger partial charge in [0, 0.05) is 12.1 Å². The standard InChI is InChI=1S/C11H16N2O3/c1-3-9(7-14)12-10-5-4-8(2)6-11(10)13(15)16/h4-6,9,12,14H,3,7H2,1-2H3/t9-/m1/s1. The Labute approximate surface area is 94.3 Å². The number of benzene rings is 1. The smallest absolute Gasteiger partial charge is 0.292 e. The minimum Gasteiger partial charge on any atom is -0.394 e. The minimum absolute atomic E-state index is 0.0401. The van der Waals surface area contributed by atoms with Crippen LogP contribution in [0.1, 0.15) is 18.9 Å². The second-order valence-electron chi connectivity index (χ2n) is 3.71. The number of anilines is 1. The average Bonchev–Trinajstić information content (AvgIpc) is 2.27. The van der Waals surface area contributed by atoms with Gasteiger partial charge in [0.25, 0.3) is 5.69 Å². The van der Waals surface area contributed by atoms with E-state index in [2.05, 4.69) is 5.32 Å². The maximum atomic E-state index is 10.8. The van der Waals surface area contributed by atoms with Crippen LogP contribution in [0.2, 0.25) is 0 Å². The fourth-order valence-corrected chi connectivity index (χ4v) is 1.41. The fraction of sp³-hybridized carbons (Fsp3) is 0.455. The van der Waals surface area contributed by atoms with Gasteiger partial charge in [0.1, 0.15) is 5.69 Å². The molecule has 0 unspecified atom stereocenters. The van der Waals surface area contributed by atoms with Gasteiger partial charge in [-0.05, 0) is 25.0 Å². The molecule has 2 N–H and O–H groups in total. The number of aliphatic hydroxyl groups is 1. The quantitative estimate of drug-likeness (QED) is 0.593. The van der Waals surface area contributed by atoms with Crippen LogP contribution >= 0.6 is 0 Å². The number of nitro groups is 1. The lowest BCUT2D eigenvalue weighted by molar-refractivity contribution is -0.384. The predicted octanol–water partition coefficient (Wildman–Crippen LogP) is 2.09. The van der Waals surface area contributed by atoms with Gasteiger partial charge in [0.2, 0.25) is 0 Å². The van der Waals surface area contributed by atoms with Gasteiger partial charge in [-0.25, -0.2) is 0 Å². The number of rotatable bonds is 5. The molecule has 0 amide bonds. The highest BCUT2D eigenvalue weighted by Gasteiger charge is 2.15. The molecular formula is C11H16N2O3. The summed E-state index contributed by atoms with van der Waals surface area (Å²) < 4.78 is 0. The monoisotopic (exact) mass is 224 g/mol. The van der Waals surface area contributed by atoms with Crippen LogP contribution in [0.25, 0.3) is 0 Å². The third kappa shape index (κ3) is 2.93. The second kappa shape index (κ2) is 5.46. The molecular weight excluding hydrogens is 208 g/mol. The molecule has 16 heavy (non-hydrogen) atoms. The van der Waals surface area contributed by atoms with Crippen LogP contribution in [-0.2, 0) is 0 Å². The van der Waals surface area contributed by atoms with E-state index in [0.717, 1.165) is 5.56 Å². The van der Waals surface area contributed by atoms with Crippen molar-refractivity contribution in [3.05, 3.63) is 33.9 Å². The lowest BCUT2D eigenvalue weighted by Crippen LogP contribution is -2.23. The Morgan fingerprint density at radius 2 is 2.25 bits per heavy atom. The van der Waals surface area contributed by atoms with Crippen LogP contribution in [0.15, 0.2) is 18.2 Å². The normalized spacial score (nSPS) is 12.2. The summed E-state index contributed by atoms with van der Waals surface area (Å²) in [5.74, 6) is 0. The van der Waals surface area contributed by atoms with Crippen LogP contribution in [0.4, 0.5) is 11.4 Å². The summed E-state index contributed by atoms with van der Waals surface area (Å²) in [4.78, 5) is 10.4. The van der Waals surface area contributed by atoms with E-state index in [9.17, 15) is 10.1 Å². The van der Waals surface area contributed by atoms with Crippen molar-refractivity contribution in [1.82, 2.24) is 0 Å². The predicted molar refractivity (Wildman–Crippen MR) is 62.6 cm³/mol. The zero-order valence-corrected chi connectivity index (χ0v) is 9.43. The molecule has 0 aliphatic rings. The molecule has 0 saturated carbocycles. The lowest BCUT2D eigenvalue weighted by atomic mass is 10.1. The van der Waals surface area contributed by atoms with E-state index in [1.54, 1.807) is 19.1 Å². The minimum atomic E-state index is -0.417. The Bertz CT molecular complexity index is 375. The Balaban J connectivity index is 2.98. The first-order valence-electron chi connectivity index (χ1n) is 5.21. The van der Waals surface area contributed by atoms with Crippen LogP contribution in [0.3, 0.4) is 0 Å². The van der Waals surface area contributed by atoms with E-state index in [1.807, 2.05) is 6.92 Å². The zero-order valence-electron chi connectivity index (χ0n) is 9.43. The van der Waals surface area contributed by atoms with Crippen LogP contribution in [-0.4, -0.2) is 22.7 Å². The molecule has 1 rings (SSSR count). The summed E-state index contributed by atoms with van der Waals surface area (Å²) in [6, 6.07) is 4.85. The highest BCUT2D eigenvalue weighted by molar-refractivity contribution is 5.62. The molecule has 1 aromatic carbocycles. The third-order valence-electron chi connectivity index (χ3n) is 2.42. The van der Waals surface area contributed by atoms with Crippen LogP contribution < -0.4 is 5.32 Å². The van der Waals surface area contributed by atoms with Gasteiger partial charge >= 0.3 is 0 Å². The molecule has 0 saturated heterocycles. The first-order valence-corrected chi connectivity index (χ1v) is 5.21. The molecule has 0 fully saturated rings. The molecule has 88 valence electrons. The van der Waals surface area contributed by atoms with Crippen molar-refractivity contribution >= 4 is 11.4 Å². The highest BCUT2D eigenvalue weighted by Crippen LogP contribution is 2.26. The van der Waals surface area contributed by atoms with Crippen molar-refractivity contribution < 1.29 is 10.0 Å². The van der Waals surface area contributed by atoms with Crippen LogP contribution in [0, 0.1) is 17.0 Å². The second-order valence-corrected chi connectivity index (χ2v) is 3.71. The first kappa shape index (κ1) is 12.4. The molecule has 0 bridgehead atoms. The van der Waals surface area contributed by atoms with Crippen molar-refractivity contribution in [2.45, 2.75) is 26.3 Å². The molecule has 5 heteroatoms. The van der Waals surface area contributed by atoms with E-state index in [1.165, 1.54) is 6.07 Å². The van der Waals surface area contributed by atoms with E-state index >= 15 is 0 Å². The summed E-state index contributed by atoms with van der Waals surface area (Å²) in [5, 5.41) is 22.8. The van der Waals surface area contributed by atoms with Crippen molar-refractivity contribution in [2.24, 2.45) is 0 Å². The van der Waals surface area contributed by atoms with Gasteiger partial charge in [-0.3, -0.25) is 10.1 Å². The van der Waals surface area contributed by atoms with Gasteiger partial charge in [-0.1, -0.05) is 13.0 Å². The van der Waals surface area contributed by atoms with Gasteiger partial charge < -0.3 is 10.4 Å². The van der Waals surface area contributed by atoms with E-state index in [-0.39, 0.29) is 18.3 Å². The Hall–Kier alpha value is -1.62. The van der Waals surface area contributed by atoms with Gasteiger partial charge in [-0.15, -0.1) is 0 Å². The summed E-state index contributed by atoms with van der Waals surface area (Å²) in [6.07, 6.45) is 0.710. The maximum Gasteiger partial charge on any atom is 0.292 e. The first-order chi connectivity index (χ1) is 7.58.